The van der Waals surface area contributed by atoms with Crippen LogP contribution in [0.4, 0.5) is 0 Å². The summed E-state index contributed by atoms with van der Waals surface area (Å²) in [5, 5.41) is 2.56. The number of nitrogens with zero attached hydrogens (tertiary/aromatic N) is 3. The molecular weight excluding hydrogens is 510 g/mol. The molecule has 0 fully saturated rings. The number of para-hydroxylation sites is 2. The zero-order chi connectivity index (χ0) is 27.6. The second kappa shape index (κ2) is 7.77. The molecule has 3 heteroatoms. The lowest BCUT2D eigenvalue weighted by Crippen LogP contribution is -2.36. The molecule has 1 spiro atoms. The summed E-state index contributed by atoms with van der Waals surface area (Å²) in [5.41, 5.74) is 12.6. The van der Waals surface area contributed by atoms with Gasteiger partial charge in [0.2, 0.25) is 0 Å². The van der Waals surface area contributed by atoms with E-state index in [4.69, 9.17) is 4.99 Å². The van der Waals surface area contributed by atoms with E-state index in [-0.39, 0.29) is 12.1 Å². The normalized spacial score (nSPS) is 20.1. The Hall–Kier alpha value is -5.15. The fraction of sp³-hybridized carbons (Fsp3) is 0.103. The number of amidine groups is 1. The lowest BCUT2D eigenvalue weighted by molar-refractivity contribution is 0.437. The van der Waals surface area contributed by atoms with Crippen molar-refractivity contribution in [1.82, 2.24) is 9.47 Å². The molecule has 0 saturated carbocycles. The topological polar surface area (TPSA) is 20.5 Å². The summed E-state index contributed by atoms with van der Waals surface area (Å²) in [4.78, 5) is 7.65. The van der Waals surface area contributed by atoms with Gasteiger partial charge in [-0.2, -0.15) is 0 Å². The van der Waals surface area contributed by atoms with Crippen LogP contribution in [-0.4, -0.2) is 34.4 Å². The van der Waals surface area contributed by atoms with Crippen LogP contribution >= 0.6 is 0 Å². The molecule has 6 aromatic rings. The van der Waals surface area contributed by atoms with E-state index in [2.05, 4.69) is 150 Å². The van der Waals surface area contributed by atoms with Gasteiger partial charge in [-0.1, -0.05) is 109 Å². The fourth-order valence-corrected chi connectivity index (χ4v) is 8.42. The van der Waals surface area contributed by atoms with Crippen molar-refractivity contribution in [3.05, 3.63) is 161 Å². The first-order valence-electron chi connectivity index (χ1n) is 14.8. The maximum Gasteiger partial charge on any atom is 0.131 e. The predicted molar refractivity (Wildman–Crippen MR) is 172 cm³/mol. The first kappa shape index (κ1) is 22.5. The Balaban J connectivity index is 1.41. The second-order valence-electron chi connectivity index (χ2n) is 11.9. The summed E-state index contributed by atoms with van der Waals surface area (Å²) >= 11 is 0. The van der Waals surface area contributed by atoms with Crippen molar-refractivity contribution >= 4 is 27.6 Å². The highest BCUT2D eigenvalue weighted by molar-refractivity contribution is 6.16. The van der Waals surface area contributed by atoms with Crippen molar-refractivity contribution in [3.63, 3.8) is 0 Å². The number of rotatable bonds is 1. The Morgan fingerprint density at radius 3 is 2.10 bits per heavy atom. The Labute approximate surface area is 244 Å². The molecule has 0 N–H and O–H groups in total. The lowest BCUT2D eigenvalue weighted by Gasteiger charge is -2.40. The Morgan fingerprint density at radius 1 is 0.643 bits per heavy atom. The quantitative estimate of drug-likeness (QED) is 0.208. The molecule has 1 aromatic heterocycles. The monoisotopic (exact) mass is 537 g/mol. The van der Waals surface area contributed by atoms with Crippen molar-refractivity contribution in [1.29, 1.82) is 0 Å². The summed E-state index contributed by atoms with van der Waals surface area (Å²) in [7, 11) is 2.19. The minimum Gasteiger partial charge on any atom is -0.351 e. The van der Waals surface area contributed by atoms with Crippen LogP contribution in [0.15, 0.2) is 138 Å². The maximum absolute atomic E-state index is 5.29. The highest BCUT2D eigenvalue weighted by atomic mass is 15.3. The van der Waals surface area contributed by atoms with Crippen molar-refractivity contribution in [2.75, 3.05) is 7.05 Å². The molecule has 0 bridgehead atoms. The van der Waals surface area contributed by atoms with Gasteiger partial charge in [-0.15, -0.1) is 0 Å². The Morgan fingerprint density at radius 2 is 1.31 bits per heavy atom. The van der Waals surface area contributed by atoms with Crippen molar-refractivity contribution in [3.8, 4) is 16.8 Å². The molecular formula is C39H27N3. The van der Waals surface area contributed by atoms with Gasteiger partial charge in [-0.25, -0.2) is 0 Å². The van der Waals surface area contributed by atoms with E-state index in [1.165, 1.54) is 66.4 Å². The molecule has 4 aliphatic rings. The lowest BCUT2D eigenvalue weighted by atomic mass is 9.65. The van der Waals surface area contributed by atoms with E-state index < -0.39 is 5.41 Å². The Kier molecular flexibility index (Phi) is 4.17. The molecule has 5 aromatic carbocycles. The second-order valence-corrected chi connectivity index (χ2v) is 11.9. The minimum absolute atomic E-state index is 0.144. The van der Waals surface area contributed by atoms with Crippen molar-refractivity contribution in [2.24, 2.45) is 4.99 Å². The number of hydrogen-bond acceptors (Lipinski definition) is 2. The van der Waals surface area contributed by atoms with Crippen molar-refractivity contribution < 1.29 is 0 Å². The number of likely N-dealkylation sites (N-methyl/N-ethyl adjacent to an activating group) is 1. The van der Waals surface area contributed by atoms with E-state index in [0.717, 1.165) is 5.84 Å². The molecule has 2 aliphatic carbocycles. The van der Waals surface area contributed by atoms with Gasteiger partial charge < -0.3 is 9.47 Å². The van der Waals surface area contributed by atoms with Crippen LogP contribution in [0.5, 0.6) is 0 Å². The van der Waals surface area contributed by atoms with Crippen LogP contribution < -0.4 is 0 Å². The van der Waals surface area contributed by atoms with Crippen LogP contribution in [0, 0.1) is 0 Å². The van der Waals surface area contributed by atoms with Gasteiger partial charge in [0.1, 0.15) is 5.84 Å². The zero-order valence-corrected chi connectivity index (χ0v) is 23.2. The number of aromatic nitrogens is 1. The molecule has 3 heterocycles. The number of aliphatic imine (C=N–C) groups is 1. The third-order valence-electron chi connectivity index (χ3n) is 10.1. The molecule has 0 saturated heterocycles. The first-order valence-corrected chi connectivity index (χ1v) is 14.8. The third kappa shape index (κ3) is 2.52. The van der Waals surface area contributed by atoms with Gasteiger partial charge in [-0.05, 0) is 57.6 Å². The number of benzene rings is 5. The van der Waals surface area contributed by atoms with Gasteiger partial charge in [-0.3, -0.25) is 4.99 Å². The molecule has 2 atom stereocenters. The number of allylic oxidation sites excluding steroid dienone is 2. The molecule has 42 heavy (non-hydrogen) atoms. The van der Waals surface area contributed by atoms with Crippen molar-refractivity contribution in [2.45, 2.75) is 17.5 Å². The fourth-order valence-electron chi connectivity index (χ4n) is 8.42. The van der Waals surface area contributed by atoms with Crippen LogP contribution in [0.25, 0.3) is 38.6 Å². The standard InChI is InChI=1S/C39H27N3/c1-41-36-21-11-8-18-33(36)40-38(41)24-22-28-27-14-4-9-19-34(27)42-35-20-10-7-17-31(35)39(32(23-24)37(28)42)29-15-5-2-12-25(29)26-13-3-6-16-30(26)39/h2-23,33,36H,1H3. The minimum atomic E-state index is -0.438. The molecule has 2 unspecified atom stereocenters. The third-order valence-corrected chi connectivity index (χ3v) is 10.1. The van der Waals surface area contributed by atoms with Gasteiger partial charge in [0.15, 0.2) is 0 Å². The molecule has 10 rings (SSSR count). The first-order chi connectivity index (χ1) is 20.8. The summed E-state index contributed by atoms with van der Waals surface area (Å²) in [5.74, 6) is 1.06. The largest absolute Gasteiger partial charge is 0.351 e. The smallest absolute Gasteiger partial charge is 0.131 e. The van der Waals surface area contributed by atoms with Gasteiger partial charge in [0, 0.05) is 23.4 Å². The maximum atomic E-state index is 5.29. The molecule has 2 aliphatic heterocycles. The summed E-state index contributed by atoms with van der Waals surface area (Å²) in [6, 6.07) is 41.3. The number of hydrogen-bond donors (Lipinski definition) is 0. The Bertz CT molecular complexity index is 2200. The zero-order valence-electron chi connectivity index (χ0n) is 23.2. The van der Waals surface area contributed by atoms with Gasteiger partial charge in [0.25, 0.3) is 0 Å². The highest BCUT2D eigenvalue weighted by Crippen LogP contribution is 2.61. The molecule has 198 valence electrons. The van der Waals surface area contributed by atoms with E-state index in [0.29, 0.717) is 0 Å². The average molecular weight is 538 g/mol. The summed E-state index contributed by atoms with van der Waals surface area (Å²) < 4.78 is 2.51. The highest BCUT2D eigenvalue weighted by Gasteiger charge is 2.51. The van der Waals surface area contributed by atoms with Gasteiger partial charge in [0.05, 0.1) is 34.2 Å². The molecule has 0 radical (unpaired) electrons. The van der Waals surface area contributed by atoms with Gasteiger partial charge >= 0.3 is 0 Å². The SMILES string of the molecule is CN1C(c2cc3c4c(c2)c2ccccc2n4-c2ccccc2C32c3ccccc3-c3ccccc32)=NC2C=CC=CC21. The predicted octanol–water partition coefficient (Wildman–Crippen LogP) is 8.02. The van der Waals surface area contributed by atoms with Crippen LogP contribution in [0.2, 0.25) is 0 Å². The average Bonchev–Trinajstić information content (AvgIpc) is 3.67. The summed E-state index contributed by atoms with van der Waals surface area (Å²) in [6.07, 6.45) is 8.77. The summed E-state index contributed by atoms with van der Waals surface area (Å²) in [6.45, 7) is 0. The molecule has 0 amide bonds. The van der Waals surface area contributed by atoms with E-state index in [1.807, 2.05) is 0 Å². The molecule has 3 nitrogen and oxygen atoms in total. The van der Waals surface area contributed by atoms with Crippen LogP contribution in [0.3, 0.4) is 0 Å². The van der Waals surface area contributed by atoms with E-state index in [9.17, 15) is 0 Å². The number of fused-ring (bicyclic) bond motifs is 13. The van der Waals surface area contributed by atoms with E-state index in [1.54, 1.807) is 0 Å². The van der Waals surface area contributed by atoms with Crippen LogP contribution in [-0.2, 0) is 5.41 Å². The van der Waals surface area contributed by atoms with Crippen LogP contribution in [0.1, 0.15) is 27.8 Å². The van der Waals surface area contributed by atoms with E-state index >= 15 is 0 Å².